The second-order valence-electron chi connectivity index (χ2n) is 11.7. The monoisotopic (exact) mass is 1020 g/mol. The minimum Gasteiger partial charge on any atom is -0.200 e. The third-order valence-corrected chi connectivity index (χ3v) is 12.5. The molecule has 0 N–H and O–H groups in total. The van der Waals surface area contributed by atoms with E-state index in [-0.39, 0.29) is 6.55 Å². The smallest absolute Gasteiger partial charge is 0.200 e. The molecule has 0 heterocycles. The van der Waals surface area contributed by atoms with E-state index in [9.17, 15) is 149 Å². The molecule has 344 valence electrons. The van der Waals surface area contributed by atoms with E-state index in [0.717, 1.165) is 0 Å². The van der Waals surface area contributed by atoms with Crippen molar-refractivity contribution in [2.45, 2.75) is 127 Å². The quantitative estimate of drug-likeness (QED) is 0.0729. The van der Waals surface area contributed by atoms with Crippen LogP contribution in [-0.4, -0.2) is 102 Å². The Hall–Kier alpha value is -1.68. The van der Waals surface area contributed by atoms with Gasteiger partial charge >= 0.3 is 95.3 Å². The fourth-order valence-electron chi connectivity index (χ4n) is 3.67. The average Bonchev–Trinajstić information content (AvgIpc) is 2.96. The molecule has 0 spiro atoms. The van der Waals surface area contributed by atoms with E-state index in [0.29, 0.717) is 0 Å². The van der Waals surface area contributed by atoms with Crippen LogP contribution in [0.1, 0.15) is 12.8 Å². The van der Waals surface area contributed by atoms with Crippen LogP contribution in [0.5, 0.6) is 0 Å². The minimum absolute atomic E-state index is 0.0171. The maximum Gasteiger partial charge on any atom is 0.460 e. The van der Waals surface area contributed by atoms with E-state index in [1.165, 1.54) is 0 Å². The van der Waals surface area contributed by atoms with E-state index in [1.807, 2.05) is 15.3 Å². The average molecular weight is 1020 g/mol. The Kier molecular flexibility index (Phi) is 13.8. The van der Waals surface area contributed by atoms with Gasteiger partial charge in [-0.05, 0) is 12.1 Å². The molecule has 0 saturated carbocycles. The van der Waals surface area contributed by atoms with Crippen LogP contribution in [0, 0.1) is 0 Å². The largest absolute Gasteiger partial charge is 0.460 e. The highest BCUT2D eigenvalue weighted by molar-refractivity contribution is 9.26. The second kappa shape index (κ2) is 14.2. The highest BCUT2D eigenvalue weighted by Gasteiger charge is 2.97. The molecule has 0 nitrogen and oxygen atoms in total. The maximum atomic E-state index is 14.2. The summed E-state index contributed by atoms with van der Waals surface area (Å²) in [4.78, 5) is 0. The van der Waals surface area contributed by atoms with Crippen molar-refractivity contribution in [3.05, 3.63) is 0 Å². The molecule has 0 aliphatic heterocycles. The van der Waals surface area contributed by atoms with Gasteiger partial charge in [0.2, 0.25) is 0 Å². The first-order valence-electron chi connectivity index (χ1n) is 13.0. The zero-order chi connectivity index (χ0) is 47.3. The highest BCUT2D eigenvalue weighted by atomic mass is 79.9. The molecule has 0 rings (SSSR count). The van der Waals surface area contributed by atoms with Crippen LogP contribution in [-0.2, 0) is 0 Å². The predicted molar refractivity (Wildman–Crippen MR) is 121 cm³/mol. The molecule has 0 aromatic carbocycles. The maximum absolute atomic E-state index is 14.2. The Bertz CT molecular complexity index is 1310. The molecule has 0 aromatic heterocycles. The van der Waals surface area contributed by atoms with Crippen LogP contribution in [0.25, 0.3) is 0 Å². The van der Waals surface area contributed by atoms with E-state index >= 15 is 0 Å². The Morgan fingerprint density at radius 1 is 0.263 bits per heavy atom. The van der Waals surface area contributed by atoms with Gasteiger partial charge in [-0.2, -0.15) is 149 Å². The molecule has 0 radical (unpaired) electrons. The van der Waals surface area contributed by atoms with Gasteiger partial charge < -0.3 is 0 Å². The lowest BCUT2D eigenvalue weighted by Crippen LogP contribution is -2.74. The fourth-order valence-corrected chi connectivity index (χ4v) is 6.78. The molecule has 0 fully saturated rings. The number of alkyl halides is 34. The molecule has 0 unspecified atom stereocenters. The minimum atomic E-state index is -9.08. The van der Waals surface area contributed by atoms with Gasteiger partial charge in [0.1, 0.15) is 6.69 Å². The SMILES string of the molecule is C[Si](Br)(CCC(F)(F)C(F)(F)C(F)(F)C(F)(F)C(F)(F)C(F)(F)C(F)(F)C(F)(F)F)CCC(F)(F)C(F)(F)C(F)(F)C(F)(F)C(F)(F)C(F)(F)C(F)(F)C(F)(F)F. The van der Waals surface area contributed by atoms with Gasteiger partial charge in [0.25, 0.3) is 0 Å². The molecular formula is C21H11BrF34Si. The summed E-state index contributed by atoms with van der Waals surface area (Å²) < 4.78 is 455. The first-order chi connectivity index (χ1) is 23.9. The lowest BCUT2D eigenvalue weighted by Gasteiger charge is -2.43. The second-order valence-corrected chi connectivity index (χ2v) is 21.3. The van der Waals surface area contributed by atoms with Crippen LogP contribution in [0.4, 0.5) is 149 Å². The Morgan fingerprint density at radius 2 is 0.404 bits per heavy atom. The van der Waals surface area contributed by atoms with Crippen molar-refractivity contribution in [1.82, 2.24) is 0 Å². The van der Waals surface area contributed by atoms with Crippen LogP contribution < -0.4 is 0 Å². The number of rotatable bonds is 18. The summed E-state index contributed by atoms with van der Waals surface area (Å²) in [6.45, 7) is -5.20. The normalized spacial score (nSPS) is 17.1. The van der Waals surface area contributed by atoms with Crippen molar-refractivity contribution in [2.24, 2.45) is 0 Å². The van der Waals surface area contributed by atoms with Crippen LogP contribution in [0.2, 0.25) is 18.6 Å². The van der Waals surface area contributed by atoms with Gasteiger partial charge in [0, 0.05) is 12.8 Å². The van der Waals surface area contributed by atoms with Gasteiger partial charge in [0.05, 0.1) is 0 Å². The first kappa shape index (κ1) is 55.3. The molecule has 0 atom stereocenters. The van der Waals surface area contributed by atoms with Crippen molar-refractivity contribution in [3.63, 3.8) is 0 Å². The summed E-state index contributed by atoms with van der Waals surface area (Å²) in [5.74, 6) is -120. The number of halogens is 35. The third-order valence-electron chi connectivity index (χ3n) is 7.49. The number of hydrogen-bond donors (Lipinski definition) is 0. The molecule has 57 heavy (non-hydrogen) atoms. The first-order valence-corrected chi connectivity index (χ1v) is 18.2. The Balaban J connectivity index is 6.66. The van der Waals surface area contributed by atoms with Crippen LogP contribution in [0.15, 0.2) is 0 Å². The lowest BCUT2D eigenvalue weighted by molar-refractivity contribution is -0.461. The Morgan fingerprint density at radius 3 is 0.561 bits per heavy atom. The molecule has 0 aliphatic rings. The molecule has 0 amide bonds. The van der Waals surface area contributed by atoms with Crippen molar-refractivity contribution < 1.29 is 149 Å². The van der Waals surface area contributed by atoms with Crippen molar-refractivity contribution >= 4 is 22.0 Å². The van der Waals surface area contributed by atoms with E-state index in [2.05, 4.69) is 0 Å². The molecule has 0 bridgehead atoms. The van der Waals surface area contributed by atoms with E-state index < -0.39 is 127 Å². The van der Waals surface area contributed by atoms with Crippen molar-refractivity contribution in [2.75, 3.05) is 0 Å². The topological polar surface area (TPSA) is 0 Å². The molecule has 0 aromatic rings. The zero-order valence-electron chi connectivity index (χ0n) is 25.6. The van der Waals surface area contributed by atoms with E-state index in [1.54, 1.807) is 0 Å². The molecule has 0 saturated heterocycles. The summed E-state index contributed by atoms with van der Waals surface area (Å²) in [6.07, 6.45) is -23.1. The van der Waals surface area contributed by atoms with Crippen molar-refractivity contribution in [1.29, 1.82) is 0 Å². The van der Waals surface area contributed by atoms with Gasteiger partial charge in [0.15, 0.2) is 0 Å². The fraction of sp³-hybridized carbons (Fsp3) is 1.00. The Labute approximate surface area is 298 Å². The van der Waals surface area contributed by atoms with E-state index in [4.69, 9.17) is 0 Å². The standard InChI is InChI=1S/C21H11BrF34Si/c1-57(22,4-2-6(23,24)8(27,28)10(31,32)12(35,36)14(39,40)16(43,44)18(47,48)20(51,52)53)5-3-7(25,26)9(29,30)11(33,34)13(37,38)15(41,42)17(45,46)19(49,50)21(54,55)56/h2-5H2,1H3. The van der Waals surface area contributed by atoms with Crippen molar-refractivity contribution in [3.8, 4) is 0 Å². The van der Waals surface area contributed by atoms with Crippen LogP contribution >= 0.6 is 15.3 Å². The highest BCUT2D eigenvalue weighted by Crippen LogP contribution is 2.66. The summed E-state index contributed by atoms with van der Waals surface area (Å²) in [5.41, 5.74) is 0. The summed E-state index contributed by atoms with van der Waals surface area (Å²) >= 11 is 1.89. The third kappa shape index (κ3) is 7.77. The zero-order valence-corrected chi connectivity index (χ0v) is 28.1. The molecule has 0 aliphatic carbocycles. The summed E-state index contributed by atoms with van der Waals surface area (Å²) in [7, 11) is 0. The van der Waals surface area contributed by atoms with Gasteiger partial charge in [-0.3, -0.25) is 0 Å². The van der Waals surface area contributed by atoms with Gasteiger partial charge in [-0.25, -0.2) is 0 Å². The van der Waals surface area contributed by atoms with Gasteiger partial charge in [-0.1, -0.05) is 6.55 Å². The summed E-state index contributed by atoms with van der Waals surface area (Å²) in [5, 5.41) is 0. The van der Waals surface area contributed by atoms with Gasteiger partial charge in [-0.15, -0.1) is 15.3 Å². The predicted octanol–water partition coefficient (Wildman–Crippen LogP) is 13.8. The van der Waals surface area contributed by atoms with Crippen LogP contribution in [0.3, 0.4) is 0 Å². The lowest BCUT2D eigenvalue weighted by atomic mass is 9.88. The molecular weight excluding hydrogens is 1010 g/mol. The molecule has 36 heteroatoms. The summed E-state index contributed by atoms with van der Waals surface area (Å²) in [6, 6.07) is -4.86. The number of hydrogen-bond acceptors (Lipinski definition) is 0.